The van der Waals surface area contributed by atoms with Crippen LogP contribution in [0.1, 0.15) is 18.2 Å². The van der Waals surface area contributed by atoms with E-state index in [2.05, 4.69) is 15.4 Å². The van der Waals surface area contributed by atoms with E-state index in [9.17, 15) is 4.39 Å². The Bertz CT molecular complexity index is 522. The van der Waals surface area contributed by atoms with Crippen LogP contribution < -0.4 is 5.32 Å². The van der Waals surface area contributed by atoms with Crippen molar-refractivity contribution < 1.29 is 4.39 Å². The van der Waals surface area contributed by atoms with Crippen LogP contribution in [-0.2, 0) is 0 Å². The fourth-order valence-corrected chi connectivity index (χ4v) is 2.21. The van der Waals surface area contributed by atoms with Crippen molar-refractivity contribution in [3.63, 3.8) is 0 Å². The molecule has 1 fully saturated rings. The lowest BCUT2D eigenvalue weighted by atomic mass is 10.1. The molecule has 4 nitrogen and oxygen atoms in total. The molecule has 1 atom stereocenters. The average molecular weight is 269 g/mol. The van der Waals surface area contributed by atoms with Crippen molar-refractivity contribution >= 4 is 12.4 Å². The summed E-state index contributed by atoms with van der Waals surface area (Å²) in [4.78, 5) is 4.26. The maximum absolute atomic E-state index is 13.7. The summed E-state index contributed by atoms with van der Waals surface area (Å²) in [6, 6.07) is 6.63. The van der Waals surface area contributed by atoms with E-state index in [1.807, 2.05) is 0 Å². The zero-order valence-electron chi connectivity index (χ0n) is 9.71. The number of rotatable bonds is 2. The van der Waals surface area contributed by atoms with Crippen LogP contribution in [0.4, 0.5) is 4.39 Å². The van der Waals surface area contributed by atoms with Crippen LogP contribution in [0.2, 0.25) is 0 Å². The van der Waals surface area contributed by atoms with Gasteiger partial charge in [0.15, 0.2) is 0 Å². The fraction of sp³-hybridized carbons (Fsp3) is 0.333. The highest BCUT2D eigenvalue weighted by atomic mass is 35.5. The van der Waals surface area contributed by atoms with Crippen LogP contribution in [-0.4, -0.2) is 27.9 Å². The standard InChI is InChI=1S/C12H13FN4.ClH/c13-10-3-1-2-4-11(10)17-12(15-8-16-17)9-5-6-14-7-9;/h1-4,8-9,14H,5-7H2;1H. The van der Waals surface area contributed by atoms with Gasteiger partial charge in [-0.15, -0.1) is 12.4 Å². The van der Waals surface area contributed by atoms with Crippen LogP contribution >= 0.6 is 12.4 Å². The van der Waals surface area contributed by atoms with Crippen LogP contribution in [0.15, 0.2) is 30.6 Å². The molecule has 0 aliphatic carbocycles. The number of halogens is 2. The van der Waals surface area contributed by atoms with Crippen molar-refractivity contribution in [3.05, 3.63) is 42.2 Å². The molecule has 6 heteroatoms. The molecule has 0 bridgehead atoms. The second-order valence-electron chi connectivity index (χ2n) is 4.17. The largest absolute Gasteiger partial charge is 0.316 e. The lowest BCUT2D eigenvalue weighted by Crippen LogP contribution is -2.13. The minimum Gasteiger partial charge on any atom is -0.316 e. The van der Waals surface area contributed by atoms with Crippen LogP contribution in [0, 0.1) is 5.82 Å². The summed E-state index contributed by atoms with van der Waals surface area (Å²) >= 11 is 0. The first-order valence-electron chi connectivity index (χ1n) is 5.72. The van der Waals surface area contributed by atoms with E-state index in [0.717, 1.165) is 25.3 Å². The van der Waals surface area contributed by atoms with Crippen LogP contribution in [0.3, 0.4) is 0 Å². The quantitative estimate of drug-likeness (QED) is 0.905. The zero-order valence-corrected chi connectivity index (χ0v) is 10.5. The Morgan fingerprint density at radius 3 is 2.89 bits per heavy atom. The van der Waals surface area contributed by atoms with E-state index in [1.165, 1.54) is 12.4 Å². The van der Waals surface area contributed by atoms with Gasteiger partial charge in [-0.05, 0) is 25.1 Å². The summed E-state index contributed by atoms with van der Waals surface area (Å²) in [5.41, 5.74) is 0.465. The highest BCUT2D eigenvalue weighted by Crippen LogP contribution is 2.23. The summed E-state index contributed by atoms with van der Waals surface area (Å²) in [5.74, 6) is 0.877. The van der Waals surface area contributed by atoms with Gasteiger partial charge < -0.3 is 5.32 Å². The van der Waals surface area contributed by atoms with Crippen molar-refractivity contribution in [3.8, 4) is 5.69 Å². The van der Waals surface area contributed by atoms with E-state index in [-0.39, 0.29) is 18.2 Å². The number of para-hydroxylation sites is 1. The van der Waals surface area contributed by atoms with Crippen molar-refractivity contribution in [2.45, 2.75) is 12.3 Å². The number of nitrogens with zero attached hydrogens (tertiary/aromatic N) is 3. The number of aromatic nitrogens is 3. The predicted octanol–water partition coefficient (Wildman–Crippen LogP) is 1.91. The van der Waals surface area contributed by atoms with E-state index in [0.29, 0.717) is 11.6 Å². The Kier molecular flexibility index (Phi) is 3.93. The van der Waals surface area contributed by atoms with E-state index in [4.69, 9.17) is 0 Å². The van der Waals surface area contributed by atoms with Gasteiger partial charge in [-0.2, -0.15) is 5.10 Å². The molecule has 1 aliphatic heterocycles. The Labute approximate surface area is 111 Å². The van der Waals surface area contributed by atoms with E-state index >= 15 is 0 Å². The highest BCUT2D eigenvalue weighted by Gasteiger charge is 2.23. The molecular formula is C12H14ClFN4. The molecule has 0 saturated carbocycles. The number of benzene rings is 1. The fourth-order valence-electron chi connectivity index (χ4n) is 2.21. The average Bonchev–Trinajstić information content (AvgIpc) is 3.00. The van der Waals surface area contributed by atoms with Crippen LogP contribution in [0.5, 0.6) is 0 Å². The molecule has 1 N–H and O–H groups in total. The van der Waals surface area contributed by atoms with Gasteiger partial charge in [0.2, 0.25) is 0 Å². The minimum atomic E-state index is -0.273. The van der Waals surface area contributed by atoms with Gasteiger partial charge in [0.1, 0.15) is 23.7 Å². The normalized spacial score (nSPS) is 18.6. The molecular weight excluding hydrogens is 255 g/mol. The minimum absolute atomic E-state index is 0. The molecule has 1 saturated heterocycles. The molecule has 1 aromatic heterocycles. The smallest absolute Gasteiger partial charge is 0.148 e. The van der Waals surface area contributed by atoms with Gasteiger partial charge in [-0.25, -0.2) is 14.1 Å². The molecule has 18 heavy (non-hydrogen) atoms. The maximum Gasteiger partial charge on any atom is 0.148 e. The first-order chi connectivity index (χ1) is 8.36. The first-order valence-corrected chi connectivity index (χ1v) is 5.72. The molecule has 0 spiro atoms. The van der Waals surface area contributed by atoms with E-state index in [1.54, 1.807) is 22.9 Å². The summed E-state index contributed by atoms with van der Waals surface area (Å²) < 4.78 is 15.3. The second-order valence-corrected chi connectivity index (χ2v) is 4.17. The van der Waals surface area contributed by atoms with Crippen LogP contribution in [0.25, 0.3) is 5.69 Å². The Balaban J connectivity index is 0.00000120. The molecule has 1 aromatic carbocycles. The van der Waals surface area contributed by atoms with Gasteiger partial charge in [-0.1, -0.05) is 12.1 Å². The maximum atomic E-state index is 13.7. The SMILES string of the molecule is Cl.Fc1ccccc1-n1ncnc1C1CCNC1. The summed E-state index contributed by atoms with van der Waals surface area (Å²) in [6.45, 7) is 1.86. The van der Waals surface area contributed by atoms with Gasteiger partial charge in [0, 0.05) is 12.5 Å². The second kappa shape index (κ2) is 5.46. The van der Waals surface area contributed by atoms with Gasteiger partial charge in [0.25, 0.3) is 0 Å². The number of nitrogens with one attached hydrogen (secondary N) is 1. The van der Waals surface area contributed by atoms with Gasteiger partial charge in [-0.3, -0.25) is 0 Å². The third-order valence-electron chi connectivity index (χ3n) is 3.08. The highest BCUT2D eigenvalue weighted by molar-refractivity contribution is 5.85. The molecule has 0 amide bonds. The monoisotopic (exact) mass is 268 g/mol. The van der Waals surface area contributed by atoms with Crippen molar-refractivity contribution in [2.75, 3.05) is 13.1 Å². The summed E-state index contributed by atoms with van der Waals surface area (Å²) in [6.07, 6.45) is 2.51. The summed E-state index contributed by atoms with van der Waals surface area (Å²) in [5, 5.41) is 7.41. The van der Waals surface area contributed by atoms with Crippen molar-refractivity contribution in [1.29, 1.82) is 0 Å². The molecule has 1 aliphatic rings. The third-order valence-corrected chi connectivity index (χ3v) is 3.08. The molecule has 2 heterocycles. The van der Waals surface area contributed by atoms with Crippen molar-refractivity contribution in [1.82, 2.24) is 20.1 Å². The lowest BCUT2D eigenvalue weighted by molar-refractivity contribution is 0.594. The lowest BCUT2D eigenvalue weighted by Gasteiger charge is -2.10. The van der Waals surface area contributed by atoms with Gasteiger partial charge >= 0.3 is 0 Å². The molecule has 3 rings (SSSR count). The number of hydrogen-bond acceptors (Lipinski definition) is 3. The Hall–Kier alpha value is -1.46. The zero-order chi connectivity index (χ0) is 11.7. The van der Waals surface area contributed by atoms with Crippen molar-refractivity contribution in [2.24, 2.45) is 0 Å². The first kappa shape index (κ1) is 13.0. The molecule has 2 aromatic rings. The predicted molar refractivity (Wildman–Crippen MR) is 68.8 cm³/mol. The summed E-state index contributed by atoms with van der Waals surface area (Å²) in [7, 11) is 0. The topological polar surface area (TPSA) is 42.7 Å². The van der Waals surface area contributed by atoms with Gasteiger partial charge in [0.05, 0.1) is 0 Å². The molecule has 1 unspecified atom stereocenters. The molecule has 96 valence electrons. The Morgan fingerprint density at radius 2 is 2.17 bits per heavy atom. The van der Waals surface area contributed by atoms with E-state index < -0.39 is 0 Å². The Morgan fingerprint density at radius 1 is 1.33 bits per heavy atom. The number of hydrogen-bond donors (Lipinski definition) is 1. The molecule has 0 radical (unpaired) electrons. The third kappa shape index (κ3) is 2.23.